The van der Waals surface area contributed by atoms with Crippen molar-refractivity contribution < 1.29 is 14.8 Å². The van der Waals surface area contributed by atoms with Crippen LogP contribution in [0.15, 0.2) is 35.9 Å². The van der Waals surface area contributed by atoms with Gasteiger partial charge >= 0.3 is 5.97 Å². The van der Waals surface area contributed by atoms with Crippen LogP contribution in [0, 0.1) is 10.1 Å². The maximum atomic E-state index is 10.7. The Hall–Kier alpha value is -2.17. The average Bonchev–Trinajstić information content (AvgIpc) is 2.28. The molecular formula is C12H13NO4. The van der Waals surface area contributed by atoms with Crippen molar-refractivity contribution in [3.05, 3.63) is 51.6 Å². The number of nitrogens with zero attached hydrogens (tertiary/aromatic N) is 1. The Bertz CT molecular complexity index is 462. The molecule has 1 aromatic rings. The molecule has 1 unspecified atom stereocenters. The third-order valence-electron chi connectivity index (χ3n) is 2.47. The quantitative estimate of drug-likeness (QED) is 0.494. The van der Waals surface area contributed by atoms with E-state index >= 15 is 0 Å². The summed E-state index contributed by atoms with van der Waals surface area (Å²) in [6, 6.07) is 6.09. The third-order valence-corrected chi connectivity index (χ3v) is 2.47. The fourth-order valence-electron chi connectivity index (χ4n) is 1.44. The number of non-ortho nitro benzene ring substituents is 1. The largest absolute Gasteiger partial charge is 0.478 e. The molecule has 90 valence electrons. The smallest absolute Gasteiger partial charge is 0.330 e. The summed E-state index contributed by atoms with van der Waals surface area (Å²) in [6.07, 6.45) is 1.61. The van der Waals surface area contributed by atoms with Gasteiger partial charge in [0, 0.05) is 17.7 Å². The number of nitro benzene ring substituents is 1. The molecule has 1 N–H and O–H groups in total. The van der Waals surface area contributed by atoms with E-state index in [0.717, 1.165) is 5.56 Å². The van der Waals surface area contributed by atoms with Crippen molar-refractivity contribution in [2.75, 3.05) is 0 Å². The monoisotopic (exact) mass is 235 g/mol. The summed E-state index contributed by atoms with van der Waals surface area (Å²) in [6.45, 7) is 3.36. The molecule has 17 heavy (non-hydrogen) atoms. The topological polar surface area (TPSA) is 80.4 Å². The number of aliphatic carboxylic acids is 1. The van der Waals surface area contributed by atoms with Crippen molar-refractivity contribution in [1.82, 2.24) is 0 Å². The Morgan fingerprint density at radius 1 is 1.41 bits per heavy atom. The van der Waals surface area contributed by atoms with Gasteiger partial charge in [0.1, 0.15) is 0 Å². The van der Waals surface area contributed by atoms with Crippen molar-refractivity contribution in [2.45, 2.75) is 19.8 Å². The summed E-state index contributed by atoms with van der Waals surface area (Å²) in [5.41, 5.74) is 1.13. The van der Waals surface area contributed by atoms with Crippen LogP contribution in [-0.4, -0.2) is 16.0 Å². The fourth-order valence-corrected chi connectivity index (χ4v) is 1.44. The van der Waals surface area contributed by atoms with E-state index < -0.39 is 10.9 Å². The van der Waals surface area contributed by atoms with Crippen LogP contribution < -0.4 is 0 Å². The summed E-state index contributed by atoms with van der Waals surface area (Å²) in [7, 11) is 0. The van der Waals surface area contributed by atoms with Crippen molar-refractivity contribution >= 4 is 11.7 Å². The maximum absolute atomic E-state index is 10.7. The Morgan fingerprint density at radius 3 is 2.35 bits per heavy atom. The minimum absolute atomic E-state index is 0.0277. The normalized spacial score (nSPS) is 13.2. The summed E-state index contributed by atoms with van der Waals surface area (Å²) >= 11 is 0. The van der Waals surface area contributed by atoms with E-state index in [1.54, 1.807) is 18.2 Å². The van der Waals surface area contributed by atoms with Gasteiger partial charge in [-0.3, -0.25) is 10.1 Å². The third kappa shape index (κ3) is 3.41. The number of nitro groups is 1. The van der Waals surface area contributed by atoms with Gasteiger partial charge in [-0.05, 0) is 18.4 Å². The molecule has 1 aromatic carbocycles. The molecule has 0 heterocycles. The van der Waals surface area contributed by atoms with E-state index in [0.29, 0.717) is 0 Å². The number of benzene rings is 1. The average molecular weight is 235 g/mol. The first-order valence-corrected chi connectivity index (χ1v) is 5.08. The Labute approximate surface area is 98.5 Å². The highest BCUT2D eigenvalue weighted by Gasteiger charge is 2.09. The van der Waals surface area contributed by atoms with Gasteiger partial charge in [0.05, 0.1) is 4.92 Å². The van der Waals surface area contributed by atoms with Gasteiger partial charge < -0.3 is 5.11 Å². The van der Waals surface area contributed by atoms with E-state index in [1.165, 1.54) is 19.1 Å². The van der Waals surface area contributed by atoms with Gasteiger partial charge in [-0.1, -0.05) is 25.1 Å². The highest BCUT2D eigenvalue weighted by atomic mass is 16.6. The van der Waals surface area contributed by atoms with Crippen molar-refractivity contribution in [2.24, 2.45) is 0 Å². The van der Waals surface area contributed by atoms with Crippen LogP contribution in [0.1, 0.15) is 25.3 Å². The summed E-state index contributed by atoms with van der Waals surface area (Å²) in [5.74, 6) is -1.05. The van der Waals surface area contributed by atoms with Crippen LogP contribution in [0.3, 0.4) is 0 Å². The van der Waals surface area contributed by atoms with E-state index in [9.17, 15) is 14.9 Å². The molecule has 0 spiro atoms. The van der Waals surface area contributed by atoms with Gasteiger partial charge in [0.25, 0.3) is 5.69 Å². The van der Waals surface area contributed by atoms with Crippen LogP contribution in [0.5, 0.6) is 0 Å². The molecule has 0 saturated heterocycles. The number of allylic oxidation sites excluding steroid dienone is 1. The molecule has 0 aromatic heterocycles. The number of carbonyl (C=O) groups is 1. The van der Waals surface area contributed by atoms with Crippen LogP contribution in [0.4, 0.5) is 5.69 Å². The first kappa shape index (κ1) is 12.9. The second kappa shape index (κ2) is 5.25. The van der Waals surface area contributed by atoms with Crippen molar-refractivity contribution in [3.63, 3.8) is 0 Å². The molecule has 0 aliphatic rings. The van der Waals surface area contributed by atoms with Crippen LogP contribution in [0.25, 0.3) is 0 Å². The second-order valence-corrected chi connectivity index (χ2v) is 3.79. The van der Waals surface area contributed by atoms with Gasteiger partial charge in [-0.25, -0.2) is 4.79 Å². The van der Waals surface area contributed by atoms with Crippen molar-refractivity contribution in [3.8, 4) is 0 Å². The molecule has 1 atom stereocenters. The van der Waals surface area contributed by atoms with Crippen molar-refractivity contribution in [1.29, 1.82) is 0 Å². The maximum Gasteiger partial charge on any atom is 0.330 e. The standard InChI is InChI=1S/C12H13NO4/c1-8(7-9(2)12(14)15)10-3-5-11(6-4-10)13(16)17/h3-8H,1-2H3,(H,14,15). The molecule has 0 amide bonds. The second-order valence-electron chi connectivity index (χ2n) is 3.79. The summed E-state index contributed by atoms with van der Waals surface area (Å²) in [4.78, 5) is 20.7. The highest BCUT2D eigenvalue weighted by Crippen LogP contribution is 2.21. The predicted molar refractivity (Wildman–Crippen MR) is 62.9 cm³/mol. The van der Waals surface area contributed by atoms with Gasteiger partial charge in [0.2, 0.25) is 0 Å². The number of rotatable bonds is 4. The fraction of sp³-hybridized carbons (Fsp3) is 0.250. The van der Waals surface area contributed by atoms with Crippen LogP contribution in [0.2, 0.25) is 0 Å². The number of hydrogen-bond donors (Lipinski definition) is 1. The summed E-state index contributed by atoms with van der Waals surface area (Å²) < 4.78 is 0. The highest BCUT2D eigenvalue weighted by molar-refractivity contribution is 5.85. The van der Waals surface area contributed by atoms with E-state index in [1.807, 2.05) is 6.92 Å². The zero-order chi connectivity index (χ0) is 13.0. The zero-order valence-corrected chi connectivity index (χ0v) is 9.58. The van der Waals surface area contributed by atoms with Gasteiger partial charge in [-0.15, -0.1) is 0 Å². The Balaban J connectivity index is 2.90. The molecule has 5 heteroatoms. The lowest BCUT2D eigenvalue weighted by molar-refractivity contribution is -0.384. The first-order valence-electron chi connectivity index (χ1n) is 5.08. The first-order chi connectivity index (χ1) is 7.91. The van der Waals surface area contributed by atoms with Gasteiger partial charge in [0.15, 0.2) is 0 Å². The lowest BCUT2D eigenvalue weighted by atomic mass is 9.98. The molecule has 0 bridgehead atoms. The molecule has 0 radical (unpaired) electrons. The minimum Gasteiger partial charge on any atom is -0.478 e. The van der Waals surface area contributed by atoms with E-state index in [4.69, 9.17) is 5.11 Å². The minimum atomic E-state index is -0.959. The zero-order valence-electron chi connectivity index (χ0n) is 9.58. The molecule has 5 nitrogen and oxygen atoms in total. The lowest BCUT2D eigenvalue weighted by Gasteiger charge is -2.07. The van der Waals surface area contributed by atoms with Crippen LogP contribution >= 0.6 is 0 Å². The molecular weight excluding hydrogens is 222 g/mol. The Morgan fingerprint density at radius 2 is 1.94 bits per heavy atom. The number of carboxylic acids is 1. The number of carboxylic acid groups (broad SMARTS) is 1. The molecule has 0 aliphatic carbocycles. The molecule has 0 aliphatic heterocycles. The molecule has 0 saturated carbocycles. The van der Waals surface area contributed by atoms with Gasteiger partial charge in [-0.2, -0.15) is 0 Å². The molecule has 1 rings (SSSR count). The molecule has 0 fully saturated rings. The van der Waals surface area contributed by atoms with E-state index in [-0.39, 0.29) is 17.2 Å². The SMILES string of the molecule is CC(=CC(C)c1ccc([N+](=O)[O-])cc1)C(=O)O. The lowest BCUT2D eigenvalue weighted by Crippen LogP contribution is -1.99. The van der Waals surface area contributed by atoms with E-state index in [2.05, 4.69) is 0 Å². The summed E-state index contributed by atoms with van der Waals surface area (Å²) in [5, 5.41) is 19.2. The number of hydrogen-bond acceptors (Lipinski definition) is 3. The predicted octanol–water partition coefficient (Wildman–Crippen LogP) is 2.73. The Kier molecular flexibility index (Phi) is 3.98. The van der Waals surface area contributed by atoms with Crippen LogP contribution in [-0.2, 0) is 4.79 Å².